The molecule has 1 atom stereocenters. The first-order valence-electron chi connectivity index (χ1n) is 6.42. The summed E-state index contributed by atoms with van der Waals surface area (Å²) in [5.74, 6) is -1.08. The van der Waals surface area contributed by atoms with E-state index >= 15 is 0 Å². The Morgan fingerprint density at radius 2 is 1.78 bits per heavy atom. The lowest BCUT2D eigenvalue weighted by Crippen LogP contribution is -2.50. The normalized spacial score (nSPS) is 17.7. The van der Waals surface area contributed by atoms with Crippen molar-refractivity contribution in [1.29, 1.82) is 0 Å². The van der Waals surface area contributed by atoms with Crippen LogP contribution in [0.2, 0.25) is 0 Å². The molecule has 120 valence electrons. The van der Waals surface area contributed by atoms with Crippen LogP contribution in [0.5, 0.6) is 11.5 Å². The Balaban J connectivity index is 2.24. The molecule has 9 heteroatoms. The lowest BCUT2D eigenvalue weighted by Gasteiger charge is -2.12. The Bertz CT molecular complexity index is 703. The zero-order chi connectivity index (χ0) is 17.0. The SMILES string of the molecule is COc1cc(/C=C/C2=NC(=O)C([N+](=O)[O-])C(=O)N2)cc(OC)c1. The first-order chi connectivity index (χ1) is 10.9. The average Bonchev–Trinajstić information content (AvgIpc) is 2.51. The van der Waals surface area contributed by atoms with Crippen LogP contribution in [0.3, 0.4) is 0 Å². The standard InChI is InChI=1S/C14H13N3O6/c1-22-9-5-8(6-10(7-9)23-2)3-4-11-15-13(18)12(17(20)21)14(19)16-11/h3-7,12H,1-2H3,(H,15,16,18,19)/b4-3+. The van der Waals surface area contributed by atoms with E-state index in [0.29, 0.717) is 17.1 Å². The number of amides is 2. The Morgan fingerprint density at radius 3 is 2.26 bits per heavy atom. The Morgan fingerprint density at radius 1 is 1.17 bits per heavy atom. The fourth-order valence-corrected chi connectivity index (χ4v) is 1.88. The number of methoxy groups -OCH3 is 2. The zero-order valence-corrected chi connectivity index (χ0v) is 12.3. The summed E-state index contributed by atoms with van der Waals surface area (Å²) in [6.07, 6.45) is 2.92. The predicted molar refractivity (Wildman–Crippen MR) is 79.9 cm³/mol. The van der Waals surface area contributed by atoms with Crippen molar-refractivity contribution in [3.63, 3.8) is 0 Å². The van der Waals surface area contributed by atoms with E-state index in [-0.39, 0.29) is 5.84 Å². The number of hydrogen-bond donors (Lipinski definition) is 1. The van der Waals surface area contributed by atoms with Crippen molar-refractivity contribution in [1.82, 2.24) is 5.32 Å². The molecule has 23 heavy (non-hydrogen) atoms. The summed E-state index contributed by atoms with van der Waals surface area (Å²) >= 11 is 0. The van der Waals surface area contributed by atoms with E-state index in [4.69, 9.17) is 9.47 Å². The molecule has 1 aliphatic rings. The van der Waals surface area contributed by atoms with Crippen LogP contribution in [-0.2, 0) is 9.59 Å². The number of hydrogen-bond acceptors (Lipinski definition) is 6. The van der Waals surface area contributed by atoms with Gasteiger partial charge in [0.25, 0.3) is 0 Å². The summed E-state index contributed by atoms with van der Waals surface area (Å²) in [4.78, 5) is 36.2. The van der Waals surface area contributed by atoms with Crippen LogP contribution in [0, 0.1) is 10.1 Å². The van der Waals surface area contributed by atoms with Crippen molar-refractivity contribution < 1.29 is 24.0 Å². The fraction of sp³-hybridized carbons (Fsp3) is 0.214. The number of carbonyl (C=O) groups is 2. The van der Waals surface area contributed by atoms with Gasteiger partial charge in [-0.2, -0.15) is 4.99 Å². The van der Waals surface area contributed by atoms with E-state index in [1.807, 2.05) is 0 Å². The predicted octanol–water partition coefficient (Wildman–Crippen LogP) is 0.417. The minimum atomic E-state index is -2.00. The summed E-state index contributed by atoms with van der Waals surface area (Å²) in [5.41, 5.74) is 0.669. The third kappa shape index (κ3) is 3.70. The van der Waals surface area contributed by atoms with Crippen molar-refractivity contribution in [2.24, 2.45) is 4.99 Å². The molecule has 1 aromatic carbocycles. The Labute approximate surface area is 130 Å². The second-order valence-corrected chi connectivity index (χ2v) is 4.49. The molecular weight excluding hydrogens is 306 g/mol. The lowest BCUT2D eigenvalue weighted by atomic mass is 10.1. The number of nitrogens with one attached hydrogen (secondary N) is 1. The van der Waals surface area contributed by atoms with Crippen LogP contribution >= 0.6 is 0 Å². The molecule has 2 rings (SSSR count). The van der Waals surface area contributed by atoms with Crippen LogP contribution in [0.25, 0.3) is 6.08 Å². The minimum absolute atomic E-state index is 0.0695. The molecule has 0 fully saturated rings. The molecule has 0 aromatic heterocycles. The number of benzene rings is 1. The smallest absolute Gasteiger partial charge is 0.368 e. The van der Waals surface area contributed by atoms with Gasteiger partial charge in [-0.1, -0.05) is 6.08 Å². The van der Waals surface area contributed by atoms with Crippen LogP contribution in [-0.4, -0.2) is 42.8 Å². The first kappa shape index (κ1) is 16.1. The molecule has 0 aliphatic carbocycles. The molecular formula is C14H13N3O6. The molecule has 1 aromatic rings. The highest BCUT2D eigenvalue weighted by molar-refractivity contribution is 6.21. The van der Waals surface area contributed by atoms with Gasteiger partial charge in [0.1, 0.15) is 17.3 Å². The largest absolute Gasteiger partial charge is 0.497 e. The van der Waals surface area contributed by atoms with Gasteiger partial charge in [-0.05, 0) is 23.8 Å². The second-order valence-electron chi connectivity index (χ2n) is 4.49. The summed E-state index contributed by atoms with van der Waals surface area (Å²) < 4.78 is 10.2. The molecule has 1 unspecified atom stereocenters. The van der Waals surface area contributed by atoms with Crippen molar-refractivity contribution in [3.05, 3.63) is 40.0 Å². The third-order valence-electron chi connectivity index (χ3n) is 2.98. The maximum absolute atomic E-state index is 11.5. The van der Waals surface area contributed by atoms with Crippen molar-refractivity contribution in [2.45, 2.75) is 6.04 Å². The van der Waals surface area contributed by atoms with Gasteiger partial charge in [0.05, 0.1) is 14.2 Å². The highest BCUT2D eigenvalue weighted by Crippen LogP contribution is 2.23. The van der Waals surface area contributed by atoms with Crippen LogP contribution in [0.4, 0.5) is 0 Å². The van der Waals surface area contributed by atoms with Crippen LogP contribution in [0.1, 0.15) is 5.56 Å². The van der Waals surface area contributed by atoms with E-state index < -0.39 is 22.8 Å². The molecule has 0 bridgehead atoms. The quantitative estimate of drug-likeness (QED) is 0.477. The van der Waals surface area contributed by atoms with Gasteiger partial charge in [-0.15, -0.1) is 0 Å². The van der Waals surface area contributed by atoms with Gasteiger partial charge in [-0.25, -0.2) is 0 Å². The van der Waals surface area contributed by atoms with Gasteiger partial charge in [0.15, 0.2) is 0 Å². The Hall–Kier alpha value is -3.23. The van der Waals surface area contributed by atoms with E-state index in [1.165, 1.54) is 20.3 Å². The number of rotatable bonds is 5. The van der Waals surface area contributed by atoms with Gasteiger partial charge in [-0.3, -0.25) is 19.7 Å². The molecule has 1 aliphatic heterocycles. The molecule has 0 saturated heterocycles. The van der Waals surface area contributed by atoms with Crippen molar-refractivity contribution in [2.75, 3.05) is 14.2 Å². The van der Waals surface area contributed by atoms with Gasteiger partial charge < -0.3 is 14.8 Å². The topological polar surface area (TPSA) is 120 Å². The summed E-state index contributed by atoms with van der Waals surface area (Å²) in [5, 5.41) is 12.8. The lowest BCUT2D eigenvalue weighted by molar-refractivity contribution is -0.493. The molecule has 1 heterocycles. The highest BCUT2D eigenvalue weighted by atomic mass is 16.6. The number of amidine groups is 1. The number of nitrogens with zero attached hydrogens (tertiary/aromatic N) is 2. The van der Waals surface area contributed by atoms with Crippen LogP contribution < -0.4 is 14.8 Å². The van der Waals surface area contributed by atoms with E-state index in [0.717, 1.165) is 0 Å². The van der Waals surface area contributed by atoms with Gasteiger partial charge in [0, 0.05) is 11.0 Å². The van der Waals surface area contributed by atoms with Gasteiger partial charge >= 0.3 is 17.9 Å². The summed E-state index contributed by atoms with van der Waals surface area (Å²) in [6, 6.07) is 3.09. The average molecular weight is 319 g/mol. The van der Waals surface area contributed by atoms with Crippen molar-refractivity contribution >= 4 is 23.7 Å². The molecule has 0 radical (unpaired) electrons. The number of nitro groups is 1. The fourth-order valence-electron chi connectivity index (χ4n) is 1.88. The molecule has 2 amide bonds. The number of carbonyl (C=O) groups excluding carboxylic acids is 2. The monoisotopic (exact) mass is 319 g/mol. The molecule has 9 nitrogen and oxygen atoms in total. The summed E-state index contributed by atoms with van der Waals surface area (Å²) in [6.45, 7) is 0. The maximum atomic E-state index is 11.5. The summed E-state index contributed by atoms with van der Waals surface area (Å²) in [7, 11) is 3.01. The molecule has 1 N–H and O–H groups in total. The molecule has 0 saturated carbocycles. The Kier molecular flexibility index (Phi) is 4.69. The minimum Gasteiger partial charge on any atom is -0.497 e. The van der Waals surface area contributed by atoms with Crippen LogP contribution in [0.15, 0.2) is 29.3 Å². The molecule has 0 spiro atoms. The maximum Gasteiger partial charge on any atom is 0.368 e. The van der Waals surface area contributed by atoms with E-state index in [1.54, 1.807) is 24.3 Å². The first-order valence-corrected chi connectivity index (χ1v) is 6.42. The van der Waals surface area contributed by atoms with Gasteiger partial charge in [0.2, 0.25) is 0 Å². The third-order valence-corrected chi connectivity index (χ3v) is 2.98. The van der Waals surface area contributed by atoms with E-state index in [2.05, 4.69) is 10.3 Å². The van der Waals surface area contributed by atoms with Crippen molar-refractivity contribution in [3.8, 4) is 11.5 Å². The second kappa shape index (κ2) is 6.69. The number of ether oxygens (including phenoxy) is 2. The van der Waals surface area contributed by atoms with E-state index in [9.17, 15) is 19.7 Å². The number of aliphatic imine (C=N–C) groups is 1. The zero-order valence-electron chi connectivity index (χ0n) is 12.3. The highest BCUT2D eigenvalue weighted by Gasteiger charge is 2.41.